The zero-order valence-electron chi connectivity index (χ0n) is 7.79. The molecule has 0 spiro atoms. The first kappa shape index (κ1) is 9.29. The van der Waals surface area contributed by atoms with Gasteiger partial charge in [0.2, 0.25) is 9.04 Å². The summed E-state index contributed by atoms with van der Waals surface area (Å²) in [6, 6.07) is 8.15. The van der Waals surface area contributed by atoms with Crippen molar-refractivity contribution >= 4 is 14.7 Å². The smallest absolute Gasteiger partial charge is 0.208 e. The molecule has 0 aliphatic carbocycles. The van der Waals surface area contributed by atoms with Crippen molar-refractivity contribution in [2.24, 2.45) is 0 Å². The van der Waals surface area contributed by atoms with Crippen molar-refractivity contribution in [3.8, 4) is 0 Å². The van der Waals surface area contributed by atoms with Crippen molar-refractivity contribution < 1.29 is 4.53 Å². The molecule has 0 radical (unpaired) electrons. The minimum absolute atomic E-state index is 0.967. The Morgan fingerprint density at radius 1 is 1.33 bits per heavy atom. The first-order valence-corrected chi connectivity index (χ1v) is 6.95. The van der Waals surface area contributed by atoms with E-state index in [1.165, 1.54) is 5.56 Å². The van der Waals surface area contributed by atoms with Crippen LogP contribution in [0, 0.1) is 6.92 Å². The maximum Gasteiger partial charge on any atom is 0.208 e. The van der Waals surface area contributed by atoms with Crippen LogP contribution in [0.4, 0.5) is 5.69 Å². The van der Waals surface area contributed by atoms with E-state index in [0.29, 0.717) is 0 Å². The van der Waals surface area contributed by atoms with Crippen molar-refractivity contribution in [1.82, 2.24) is 0 Å². The number of hydrogen-bond donors (Lipinski definition) is 1. The first-order chi connectivity index (χ1) is 5.68. The fraction of sp³-hybridized carbons (Fsp3) is 0.333. The van der Waals surface area contributed by atoms with E-state index in [1.807, 2.05) is 12.1 Å². The van der Waals surface area contributed by atoms with Gasteiger partial charge in [0.1, 0.15) is 0 Å². The summed E-state index contributed by atoms with van der Waals surface area (Å²) in [7, 11) is -0.967. The van der Waals surface area contributed by atoms with Gasteiger partial charge in [-0.3, -0.25) is 5.48 Å². The average Bonchev–Trinajstić information content (AvgIpc) is 2.01. The molecule has 0 aromatic heterocycles. The van der Waals surface area contributed by atoms with Gasteiger partial charge in [0.15, 0.2) is 0 Å². The molecule has 0 aliphatic heterocycles. The van der Waals surface area contributed by atoms with Gasteiger partial charge in [-0.05, 0) is 37.7 Å². The molecule has 1 N–H and O–H groups in total. The number of anilines is 1. The molecule has 1 aromatic rings. The number of rotatable bonds is 3. The van der Waals surface area contributed by atoms with Crippen LogP contribution in [-0.2, 0) is 4.53 Å². The van der Waals surface area contributed by atoms with E-state index in [1.54, 1.807) is 0 Å². The molecule has 2 nitrogen and oxygen atoms in total. The maximum absolute atomic E-state index is 5.37. The topological polar surface area (TPSA) is 21.3 Å². The van der Waals surface area contributed by atoms with Crippen LogP contribution in [0.1, 0.15) is 5.56 Å². The molecule has 12 heavy (non-hydrogen) atoms. The molecule has 3 heteroatoms. The van der Waals surface area contributed by atoms with Gasteiger partial charge in [0.25, 0.3) is 0 Å². The van der Waals surface area contributed by atoms with Crippen molar-refractivity contribution in [2.45, 2.75) is 20.0 Å². The first-order valence-electron chi connectivity index (χ1n) is 4.17. The molecule has 1 rings (SSSR count). The summed E-state index contributed by atoms with van der Waals surface area (Å²) in [6.07, 6.45) is 0. The van der Waals surface area contributed by atoms with Gasteiger partial charge in [-0.2, -0.15) is 0 Å². The van der Waals surface area contributed by atoms with Gasteiger partial charge in [-0.15, -0.1) is 0 Å². The summed E-state index contributed by atoms with van der Waals surface area (Å²) in [5, 5.41) is 0. The van der Waals surface area contributed by atoms with Crippen LogP contribution in [0.5, 0.6) is 0 Å². The lowest BCUT2D eigenvalue weighted by Gasteiger charge is -2.09. The molecule has 0 heterocycles. The second-order valence-corrected chi connectivity index (χ2v) is 5.47. The molecule has 0 saturated carbocycles. The predicted molar refractivity (Wildman–Crippen MR) is 54.8 cm³/mol. The van der Waals surface area contributed by atoms with Crippen LogP contribution in [0.15, 0.2) is 24.3 Å². The van der Waals surface area contributed by atoms with E-state index in [9.17, 15) is 0 Å². The van der Waals surface area contributed by atoms with E-state index in [4.69, 9.17) is 4.53 Å². The molecule has 0 amide bonds. The van der Waals surface area contributed by atoms with Crippen LogP contribution in [0.25, 0.3) is 0 Å². The lowest BCUT2D eigenvalue weighted by molar-refractivity contribution is 0.419. The highest BCUT2D eigenvalue weighted by atomic mass is 28.3. The van der Waals surface area contributed by atoms with E-state index in [2.05, 4.69) is 37.6 Å². The van der Waals surface area contributed by atoms with Gasteiger partial charge >= 0.3 is 0 Å². The van der Waals surface area contributed by atoms with E-state index >= 15 is 0 Å². The van der Waals surface area contributed by atoms with Gasteiger partial charge in [-0.25, -0.2) is 0 Å². The molecular formula is C9H15NOSi. The molecule has 0 atom stereocenters. The largest absolute Gasteiger partial charge is 0.326 e. The van der Waals surface area contributed by atoms with Gasteiger partial charge < -0.3 is 4.53 Å². The highest BCUT2D eigenvalue weighted by Gasteiger charge is 1.95. The minimum Gasteiger partial charge on any atom is -0.326 e. The summed E-state index contributed by atoms with van der Waals surface area (Å²) in [5.74, 6) is 0. The number of aryl methyl sites for hydroxylation is 1. The number of hydrogen-bond acceptors (Lipinski definition) is 2. The molecular weight excluding hydrogens is 166 g/mol. The van der Waals surface area contributed by atoms with Crippen LogP contribution >= 0.6 is 0 Å². The Balaban J connectivity index is 2.52. The van der Waals surface area contributed by atoms with Gasteiger partial charge in [-0.1, -0.05) is 12.1 Å². The molecule has 0 bridgehead atoms. The lowest BCUT2D eigenvalue weighted by atomic mass is 10.2. The standard InChI is InChI=1S/C9H15NOSi/c1-8-5-4-6-9(7-8)10-11-12(2)3/h4-7,10,12H,1-3H3. The van der Waals surface area contributed by atoms with Gasteiger partial charge in [0.05, 0.1) is 5.69 Å². The van der Waals surface area contributed by atoms with Crippen LogP contribution in [0.3, 0.4) is 0 Å². The summed E-state index contributed by atoms with van der Waals surface area (Å²) in [4.78, 5) is 0. The molecule has 0 aliphatic rings. The summed E-state index contributed by atoms with van der Waals surface area (Å²) in [5.41, 5.74) is 5.23. The molecule has 0 fully saturated rings. The Bertz CT molecular complexity index is 250. The van der Waals surface area contributed by atoms with Crippen LogP contribution in [0.2, 0.25) is 13.1 Å². The monoisotopic (exact) mass is 181 g/mol. The average molecular weight is 181 g/mol. The Kier molecular flexibility index (Phi) is 3.31. The van der Waals surface area contributed by atoms with Crippen LogP contribution in [-0.4, -0.2) is 9.04 Å². The summed E-state index contributed by atoms with van der Waals surface area (Å²) >= 11 is 0. The third kappa shape index (κ3) is 3.07. The van der Waals surface area contributed by atoms with Crippen molar-refractivity contribution in [1.29, 1.82) is 0 Å². The third-order valence-electron chi connectivity index (χ3n) is 1.43. The van der Waals surface area contributed by atoms with E-state index in [0.717, 1.165) is 5.69 Å². The normalized spacial score (nSPS) is 10.3. The Hall–Kier alpha value is -0.803. The lowest BCUT2D eigenvalue weighted by Crippen LogP contribution is -2.13. The molecule has 66 valence electrons. The number of benzene rings is 1. The summed E-state index contributed by atoms with van der Waals surface area (Å²) < 4.78 is 5.37. The van der Waals surface area contributed by atoms with E-state index < -0.39 is 9.04 Å². The highest BCUT2D eigenvalue weighted by molar-refractivity contribution is 6.48. The third-order valence-corrected chi connectivity index (χ3v) is 2.02. The zero-order valence-corrected chi connectivity index (χ0v) is 8.95. The van der Waals surface area contributed by atoms with E-state index in [-0.39, 0.29) is 0 Å². The molecule has 0 unspecified atom stereocenters. The minimum atomic E-state index is -0.967. The summed E-state index contributed by atoms with van der Waals surface area (Å²) in [6.45, 7) is 6.32. The zero-order chi connectivity index (χ0) is 8.97. The SMILES string of the molecule is Cc1cccc(NO[SiH](C)C)c1. The Labute approximate surface area is 75.2 Å². The second-order valence-electron chi connectivity index (χ2n) is 3.14. The Morgan fingerprint density at radius 3 is 2.67 bits per heavy atom. The quantitative estimate of drug-likeness (QED) is 0.571. The molecule has 1 aromatic carbocycles. The predicted octanol–water partition coefficient (Wildman–Crippen LogP) is 2.32. The highest BCUT2D eigenvalue weighted by Crippen LogP contribution is 2.09. The van der Waals surface area contributed by atoms with Crippen LogP contribution < -0.4 is 5.48 Å². The maximum atomic E-state index is 5.37. The second kappa shape index (κ2) is 4.28. The molecule has 0 saturated heterocycles. The van der Waals surface area contributed by atoms with Crippen molar-refractivity contribution in [3.63, 3.8) is 0 Å². The van der Waals surface area contributed by atoms with Crippen molar-refractivity contribution in [3.05, 3.63) is 29.8 Å². The fourth-order valence-electron chi connectivity index (χ4n) is 0.894. The number of nitrogens with one attached hydrogen (secondary N) is 1. The fourth-order valence-corrected chi connectivity index (χ4v) is 1.27. The Morgan fingerprint density at radius 2 is 2.08 bits per heavy atom. The van der Waals surface area contributed by atoms with Gasteiger partial charge in [0, 0.05) is 0 Å². The van der Waals surface area contributed by atoms with Crippen molar-refractivity contribution in [2.75, 3.05) is 5.48 Å².